The van der Waals surface area contributed by atoms with E-state index in [2.05, 4.69) is 62.3 Å². The summed E-state index contributed by atoms with van der Waals surface area (Å²) in [6.45, 7) is 7.42. The van der Waals surface area contributed by atoms with Gasteiger partial charge in [0.1, 0.15) is 0 Å². The summed E-state index contributed by atoms with van der Waals surface area (Å²) < 4.78 is 0. The molecule has 0 fully saturated rings. The number of nitrogens with one attached hydrogen (secondary N) is 1. The van der Waals surface area contributed by atoms with Gasteiger partial charge in [-0.1, -0.05) is 44.0 Å². The number of amides is 1. The zero-order chi connectivity index (χ0) is 19.7. The molecular weight excluding hydrogens is 344 g/mol. The van der Waals surface area contributed by atoms with Gasteiger partial charge in [-0.2, -0.15) is 0 Å². The predicted octanol–water partition coefficient (Wildman–Crippen LogP) is 5.29. The summed E-state index contributed by atoms with van der Waals surface area (Å²) in [5, 5.41) is 1.27. The minimum absolute atomic E-state index is 0.113. The van der Waals surface area contributed by atoms with Crippen molar-refractivity contribution in [2.45, 2.75) is 58.9 Å². The molecule has 146 valence electrons. The van der Waals surface area contributed by atoms with E-state index in [9.17, 15) is 4.79 Å². The number of aromatic amines is 1. The predicted molar refractivity (Wildman–Crippen MR) is 116 cm³/mol. The number of hydrogen-bond acceptors (Lipinski definition) is 1. The number of aryl methyl sites for hydroxylation is 3. The van der Waals surface area contributed by atoms with Crippen molar-refractivity contribution in [1.29, 1.82) is 0 Å². The van der Waals surface area contributed by atoms with E-state index in [0.717, 1.165) is 45.1 Å². The number of H-pyrrole nitrogens is 1. The van der Waals surface area contributed by atoms with Gasteiger partial charge >= 0.3 is 0 Å². The molecule has 2 heterocycles. The van der Waals surface area contributed by atoms with Crippen molar-refractivity contribution >= 4 is 17.3 Å². The SMILES string of the molecule is CCCc1cc2c(cc1CC)CCN(C=O)C2Cc1c[nH]c2ccc(C)cc12. The van der Waals surface area contributed by atoms with Crippen LogP contribution in [-0.4, -0.2) is 22.8 Å². The highest BCUT2D eigenvalue weighted by atomic mass is 16.1. The maximum atomic E-state index is 11.9. The quantitative estimate of drug-likeness (QED) is 0.585. The van der Waals surface area contributed by atoms with Gasteiger partial charge in [-0.25, -0.2) is 0 Å². The maximum absolute atomic E-state index is 11.9. The molecular formula is C25H30N2O. The lowest BCUT2D eigenvalue weighted by Crippen LogP contribution is -2.35. The van der Waals surface area contributed by atoms with Crippen LogP contribution in [0.5, 0.6) is 0 Å². The number of rotatable bonds is 6. The van der Waals surface area contributed by atoms with Gasteiger partial charge < -0.3 is 9.88 Å². The Morgan fingerprint density at radius 2 is 2.00 bits per heavy atom. The smallest absolute Gasteiger partial charge is 0.210 e. The topological polar surface area (TPSA) is 36.1 Å². The van der Waals surface area contributed by atoms with Crippen molar-refractivity contribution < 1.29 is 4.79 Å². The molecule has 1 N–H and O–H groups in total. The van der Waals surface area contributed by atoms with E-state index in [1.54, 1.807) is 0 Å². The molecule has 0 bridgehead atoms. The van der Waals surface area contributed by atoms with Crippen LogP contribution in [0.25, 0.3) is 10.9 Å². The molecule has 1 aliphatic heterocycles. The first-order valence-electron chi connectivity index (χ1n) is 10.6. The van der Waals surface area contributed by atoms with Crippen molar-refractivity contribution in [3.8, 4) is 0 Å². The number of benzene rings is 2. The molecule has 4 rings (SSSR count). The first-order valence-corrected chi connectivity index (χ1v) is 10.6. The molecule has 0 radical (unpaired) electrons. The van der Waals surface area contributed by atoms with Gasteiger partial charge in [0.15, 0.2) is 0 Å². The van der Waals surface area contributed by atoms with Crippen LogP contribution in [0.2, 0.25) is 0 Å². The average Bonchev–Trinajstić information content (AvgIpc) is 3.10. The second-order valence-corrected chi connectivity index (χ2v) is 8.10. The molecule has 0 saturated heterocycles. The summed E-state index contributed by atoms with van der Waals surface area (Å²) in [6.07, 6.45) is 8.30. The number of nitrogens with zero attached hydrogens (tertiary/aromatic N) is 1. The van der Waals surface area contributed by atoms with Gasteiger partial charge in [0.25, 0.3) is 0 Å². The van der Waals surface area contributed by atoms with E-state index in [4.69, 9.17) is 0 Å². The fourth-order valence-electron chi connectivity index (χ4n) is 4.72. The van der Waals surface area contributed by atoms with Crippen LogP contribution < -0.4 is 0 Å². The fourth-order valence-corrected chi connectivity index (χ4v) is 4.72. The van der Waals surface area contributed by atoms with Crippen LogP contribution in [-0.2, 0) is 30.5 Å². The molecule has 1 atom stereocenters. The van der Waals surface area contributed by atoms with Crippen LogP contribution in [0.3, 0.4) is 0 Å². The summed E-state index contributed by atoms with van der Waals surface area (Å²) in [5.74, 6) is 0. The normalized spacial score (nSPS) is 16.4. The van der Waals surface area contributed by atoms with E-state index in [1.807, 2.05) is 4.90 Å². The fraction of sp³-hybridized carbons (Fsp3) is 0.400. The Balaban J connectivity index is 1.77. The molecule has 0 saturated carbocycles. The average molecular weight is 375 g/mol. The first-order chi connectivity index (χ1) is 13.6. The number of fused-ring (bicyclic) bond motifs is 2. The second-order valence-electron chi connectivity index (χ2n) is 8.10. The van der Waals surface area contributed by atoms with Crippen molar-refractivity contribution in [1.82, 2.24) is 9.88 Å². The van der Waals surface area contributed by atoms with E-state index >= 15 is 0 Å². The van der Waals surface area contributed by atoms with E-state index in [-0.39, 0.29) is 6.04 Å². The van der Waals surface area contributed by atoms with Crippen LogP contribution >= 0.6 is 0 Å². The minimum atomic E-state index is 0.113. The lowest BCUT2D eigenvalue weighted by atomic mass is 9.84. The Morgan fingerprint density at radius 1 is 1.14 bits per heavy atom. The van der Waals surface area contributed by atoms with Crippen LogP contribution in [0.15, 0.2) is 36.5 Å². The van der Waals surface area contributed by atoms with Gasteiger partial charge in [0, 0.05) is 23.6 Å². The molecule has 28 heavy (non-hydrogen) atoms. The Bertz CT molecular complexity index is 1000. The summed E-state index contributed by atoms with van der Waals surface area (Å²) in [7, 11) is 0. The van der Waals surface area contributed by atoms with E-state index in [1.165, 1.54) is 44.3 Å². The van der Waals surface area contributed by atoms with Crippen LogP contribution in [0.1, 0.15) is 59.7 Å². The lowest BCUT2D eigenvalue weighted by molar-refractivity contribution is -0.120. The third-order valence-electron chi connectivity index (χ3n) is 6.23. The van der Waals surface area contributed by atoms with E-state index < -0.39 is 0 Å². The highest BCUT2D eigenvalue weighted by Gasteiger charge is 2.28. The molecule has 3 heteroatoms. The Hall–Kier alpha value is -2.55. The van der Waals surface area contributed by atoms with Crippen molar-refractivity contribution in [3.05, 3.63) is 69.9 Å². The molecule has 1 unspecified atom stereocenters. The molecule has 3 nitrogen and oxygen atoms in total. The highest BCUT2D eigenvalue weighted by Crippen LogP contribution is 2.35. The number of hydrogen-bond donors (Lipinski definition) is 1. The van der Waals surface area contributed by atoms with Crippen molar-refractivity contribution in [2.24, 2.45) is 0 Å². The Kier molecular flexibility index (Phi) is 5.25. The van der Waals surface area contributed by atoms with Crippen molar-refractivity contribution in [3.63, 3.8) is 0 Å². The molecule has 1 amide bonds. The monoisotopic (exact) mass is 374 g/mol. The summed E-state index contributed by atoms with van der Waals surface area (Å²) >= 11 is 0. The zero-order valence-corrected chi connectivity index (χ0v) is 17.2. The van der Waals surface area contributed by atoms with Crippen LogP contribution in [0, 0.1) is 6.92 Å². The molecule has 2 aromatic carbocycles. The van der Waals surface area contributed by atoms with Gasteiger partial charge in [0.2, 0.25) is 6.41 Å². The second kappa shape index (κ2) is 7.83. The Morgan fingerprint density at radius 3 is 2.75 bits per heavy atom. The number of carbonyl (C=O) groups excluding carboxylic acids is 1. The summed E-state index contributed by atoms with van der Waals surface area (Å²) in [6, 6.07) is 11.5. The minimum Gasteiger partial charge on any atom is -0.361 e. The van der Waals surface area contributed by atoms with Crippen LogP contribution in [0.4, 0.5) is 0 Å². The summed E-state index contributed by atoms with van der Waals surface area (Å²) in [4.78, 5) is 17.3. The first kappa shape index (κ1) is 18.8. The van der Waals surface area contributed by atoms with Crippen molar-refractivity contribution in [2.75, 3.05) is 6.54 Å². The molecule has 1 aliphatic rings. The standard InChI is InChI=1S/C25H30N2O/c1-4-6-19-13-23-20(12-18(19)5-2)9-10-27(16-28)25(23)14-21-15-26-24-8-7-17(3)11-22(21)24/h7-8,11-13,15-16,25-26H,4-6,9-10,14H2,1-3H3. The maximum Gasteiger partial charge on any atom is 0.210 e. The molecule has 3 aromatic rings. The van der Waals surface area contributed by atoms with Gasteiger partial charge in [-0.3, -0.25) is 4.79 Å². The largest absolute Gasteiger partial charge is 0.361 e. The third kappa shape index (κ3) is 3.34. The summed E-state index contributed by atoms with van der Waals surface area (Å²) in [5.41, 5.74) is 9.43. The van der Waals surface area contributed by atoms with Gasteiger partial charge in [-0.15, -0.1) is 0 Å². The molecule has 1 aromatic heterocycles. The molecule has 0 aliphatic carbocycles. The third-order valence-corrected chi connectivity index (χ3v) is 6.23. The van der Waals surface area contributed by atoms with Gasteiger partial charge in [0.05, 0.1) is 6.04 Å². The van der Waals surface area contributed by atoms with E-state index in [0.29, 0.717) is 0 Å². The van der Waals surface area contributed by atoms with Gasteiger partial charge in [-0.05, 0) is 72.6 Å². The number of carbonyl (C=O) groups is 1. The number of aromatic nitrogens is 1. The Labute approximate surface area is 167 Å². The molecule has 0 spiro atoms. The zero-order valence-electron chi connectivity index (χ0n) is 17.2. The highest BCUT2D eigenvalue weighted by molar-refractivity contribution is 5.84. The lowest BCUT2D eigenvalue weighted by Gasteiger charge is -2.36.